The smallest absolute Gasteiger partial charge is 0.412 e. The molecule has 1 aliphatic heterocycles. The summed E-state index contributed by atoms with van der Waals surface area (Å²) in [6.07, 6.45) is -1.21. The van der Waals surface area contributed by atoms with E-state index in [1.807, 2.05) is 0 Å². The summed E-state index contributed by atoms with van der Waals surface area (Å²) in [4.78, 5) is 52.7. The standard InChI is InChI=1S/C26H30N2O9/c1-7-36-19-12-14(8-11-18(19)34-5)16(13-20(30)35-6)28-23(31)21-15(27-25(33)37-26(2,3)4)9-10-17(29)22(21)24(28)32/h8-12,16,29H,7,13H2,1-6H3,(H,27,33). The Morgan fingerprint density at radius 3 is 2.30 bits per heavy atom. The quantitative estimate of drug-likeness (QED) is 0.303. The fourth-order valence-electron chi connectivity index (χ4n) is 3.93. The number of fused-ring (bicyclic) bond motifs is 1. The highest BCUT2D eigenvalue weighted by atomic mass is 16.6. The monoisotopic (exact) mass is 514 g/mol. The van der Waals surface area contributed by atoms with Crippen LogP contribution in [-0.4, -0.2) is 60.3 Å². The number of imide groups is 1. The molecular formula is C26H30N2O9. The minimum absolute atomic E-state index is 0.0237. The fraction of sp³-hybridized carbons (Fsp3) is 0.385. The fourth-order valence-corrected chi connectivity index (χ4v) is 3.93. The first-order chi connectivity index (χ1) is 17.4. The number of phenols is 1. The lowest BCUT2D eigenvalue weighted by molar-refractivity contribution is -0.141. The van der Waals surface area contributed by atoms with Gasteiger partial charge in [0.15, 0.2) is 11.5 Å². The predicted molar refractivity (Wildman–Crippen MR) is 132 cm³/mol. The van der Waals surface area contributed by atoms with Crippen LogP contribution in [0.4, 0.5) is 10.5 Å². The molecule has 3 rings (SSSR count). The van der Waals surface area contributed by atoms with Gasteiger partial charge in [-0.25, -0.2) is 4.79 Å². The van der Waals surface area contributed by atoms with Crippen molar-refractivity contribution in [3.8, 4) is 17.2 Å². The van der Waals surface area contributed by atoms with Crippen molar-refractivity contribution in [2.75, 3.05) is 26.1 Å². The second kappa shape index (κ2) is 10.8. The van der Waals surface area contributed by atoms with Crippen molar-refractivity contribution in [3.05, 3.63) is 47.0 Å². The Bertz CT molecular complexity index is 1230. The van der Waals surface area contributed by atoms with E-state index in [1.165, 1.54) is 26.4 Å². The summed E-state index contributed by atoms with van der Waals surface area (Å²) < 4.78 is 21.0. The first-order valence-electron chi connectivity index (χ1n) is 11.5. The Balaban J connectivity index is 2.09. The molecule has 198 valence electrons. The second-order valence-electron chi connectivity index (χ2n) is 9.13. The molecule has 37 heavy (non-hydrogen) atoms. The first-order valence-corrected chi connectivity index (χ1v) is 11.5. The number of carbonyl (C=O) groups excluding carboxylic acids is 4. The van der Waals surface area contributed by atoms with E-state index in [2.05, 4.69) is 5.32 Å². The zero-order chi connectivity index (χ0) is 27.5. The maximum absolute atomic E-state index is 13.7. The zero-order valence-corrected chi connectivity index (χ0v) is 21.5. The van der Waals surface area contributed by atoms with Crippen molar-refractivity contribution in [2.24, 2.45) is 0 Å². The minimum atomic E-state index is -1.11. The van der Waals surface area contributed by atoms with Gasteiger partial charge in [0.2, 0.25) is 0 Å². The average molecular weight is 515 g/mol. The maximum Gasteiger partial charge on any atom is 0.412 e. The summed E-state index contributed by atoms with van der Waals surface area (Å²) in [5.41, 5.74) is -0.958. The summed E-state index contributed by atoms with van der Waals surface area (Å²) in [6, 6.07) is 6.13. The van der Waals surface area contributed by atoms with Gasteiger partial charge in [0.05, 0.1) is 50.1 Å². The van der Waals surface area contributed by atoms with Crippen LogP contribution in [0.15, 0.2) is 30.3 Å². The molecule has 1 atom stereocenters. The van der Waals surface area contributed by atoms with Crippen molar-refractivity contribution < 1.29 is 43.2 Å². The summed E-state index contributed by atoms with van der Waals surface area (Å²) in [5.74, 6) is -2.01. The number of amides is 3. The average Bonchev–Trinajstić information content (AvgIpc) is 3.09. The number of aromatic hydroxyl groups is 1. The number of methoxy groups -OCH3 is 2. The number of nitrogens with one attached hydrogen (secondary N) is 1. The number of nitrogens with zero attached hydrogens (tertiary/aromatic N) is 1. The number of phenolic OH excluding ortho intramolecular Hbond substituents is 1. The molecule has 3 amide bonds. The number of hydrogen-bond acceptors (Lipinski definition) is 9. The van der Waals surface area contributed by atoms with Gasteiger partial charge < -0.3 is 24.1 Å². The summed E-state index contributed by atoms with van der Waals surface area (Å²) in [6.45, 7) is 7.12. The molecule has 11 heteroatoms. The molecule has 0 spiro atoms. The van der Waals surface area contributed by atoms with Crippen LogP contribution in [0, 0.1) is 0 Å². The van der Waals surface area contributed by atoms with E-state index >= 15 is 0 Å². The SMILES string of the molecule is CCOc1cc(C(CC(=O)OC)N2C(=O)c3c(O)ccc(NC(=O)OC(C)(C)C)c3C2=O)ccc1OC. The van der Waals surface area contributed by atoms with Gasteiger partial charge in [0, 0.05) is 0 Å². The van der Waals surface area contributed by atoms with Gasteiger partial charge in [-0.1, -0.05) is 6.07 Å². The Hall–Kier alpha value is -4.28. The third-order valence-electron chi connectivity index (χ3n) is 5.46. The maximum atomic E-state index is 13.7. The predicted octanol–water partition coefficient (Wildman–Crippen LogP) is 4.05. The number of hydrogen-bond donors (Lipinski definition) is 2. The van der Waals surface area contributed by atoms with Crippen LogP contribution in [0.1, 0.15) is 66.4 Å². The Labute approximate surface area is 214 Å². The molecule has 0 saturated carbocycles. The molecule has 2 N–H and O–H groups in total. The highest BCUT2D eigenvalue weighted by Crippen LogP contribution is 2.42. The number of carbonyl (C=O) groups is 4. The number of rotatable bonds is 8. The van der Waals surface area contributed by atoms with E-state index < -0.39 is 41.3 Å². The lowest BCUT2D eigenvalue weighted by Gasteiger charge is -2.26. The Kier molecular flexibility index (Phi) is 7.95. The van der Waals surface area contributed by atoms with Crippen LogP contribution in [0.2, 0.25) is 0 Å². The normalized spacial score (nSPS) is 13.6. The third kappa shape index (κ3) is 5.76. The molecule has 0 aromatic heterocycles. The number of benzene rings is 2. The van der Waals surface area contributed by atoms with Gasteiger partial charge in [0.25, 0.3) is 11.8 Å². The topological polar surface area (TPSA) is 141 Å². The van der Waals surface area contributed by atoms with Gasteiger partial charge in [0.1, 0.15) is 11.4 Å². The minimum Gasteiger partial charge on any atom is -0.507 e. The highest BCUT2D eigenvalue weighted by Gasteiger charge is 2.45. The molecule has 1 heterocycles. The number of anilines is 1. The van der Waals surface area contributed by atoms with Gasteiger partial charge in [-0.15, -0.1) is 0 Å². The molecule has 0 aliphatic carbocycles. The van der Waals surface area contributed by atoms with Crippen LogP contribution in [0.3, 0.4) is 0 Å². The lowest BCUT2D eigenvalue weighted by atomic mass is 10.0. The van der Waals surface area contributed by atoms with E-state index in [-0.39, 0.29) is 23.2 Å². The lowest BCUT2D eigenvalue weighted by Crippen LogP contribution is -2.35. The van der Waals surface area contributed by atoms with Gasteiger partial charge in [-0.05, 0) is 57.5 Å². The van der Waals surface area contributed by atoms with Crippen molar-refractivity contribution in [2.45, 2.75) is 45.8 Å². The summed E-state index contributed by atoms with van der Waals surface area (Å²) in [7, 11) is 2.66. The van der Waals surface area contributed by atoms with Crippen LogP contribution in [0.25, 0.3) is 0 Å². The highest BCUT2D eigenvalue weighted by molar-refractivity contribution is 6.25. The van der Waals surface area contributed by atoms with E-state index in [0.717, 1.165) is 4.90 Å². The van der Waals surface area contributed by atoms with Crippen LogP contribution in [-0.2, 0) is 14.3 Å². The molecule has 0 radical (unpaired) electrons. The molecule has 0 bridgehead atoms. The molecule has 0 saturated heterocycles. The van der Waals surface area contributed by atoms with E-state index in [1.54, 1.807) is 45.9 Å². The molecule has 2 aromatic carbocycles. The van der Waals surface area contributed by atoms with Crippen molar-refractivity contribution in [1.82, 2.24) is 4.90 Å². The van der Waals surface area contributed by atoms with Crippen molar-refractivity contribution >= 4 is 29.6 Å². The first kappa shape index (κ1) is 27.3. The van der Waals surface area contributed by atoms with Crippen LogP contribution in [0.5, 0.6) is 17.2 Å². The summed E-state index contributed by atoms with van der Waals surface area (Å²) >= 11 is 0. The molecule has 11 nitrogen and oxygen atoms in total. The molecular weight excluding hydrogens is 484 g/mol. The van der Waals surface area contributed by atoms with E-state index in [0.29, 0.717) is 23.7 Å². The van der Waals surface area contributed by atoms with Crippen LogP contribution >= 0.6 is 0 Å². The van der Waals surface area contributed by atoms with Gasteiger partial charge in [-0.2, -0.15) is 0 Å². The summed E-state index contributed by atoms with van der Waals surface area (Å²) in [5, 5.41) is 12.9. The van der Waals surface area contributed by atoms with E-state index in [4.69, 9.17) is 18.9 Å². The van der Waals surface area contributed by atoms with Gasteiger partial charge >= 0.3 is 12.1 Å². The second-order valence-corrected chi connectivity index (χ2v) is 9.13. The Morgan fingerprint density at radius 2 is 1.70 bits per heavy atom. The Morgan fingerprint density at radius 1 is 1.03 bits per heavy atom. The third-order valence-corrected chi connectivity index (χ3v) is 5.46. The number of ether oxygens (including phenoxy) is 4. The largest absolute Gasteiger partial charge is 0.507 e. The molecule has 1 aliphatic rings. The van der Waals surface area contributed by atoms with Crippen LogP contribution < -0.4 is 14.8 Å². The zero-order valence-electron chi connectivity index (χ0n) is 21.5. The van der Waals surface area contributed by atoms with Crippen molar-refractivity contribution in [3.63, 3.8) is 0 Å². The van der Waals surface area contributed by atoms with Gasteiger partial charge in [-0.3, -0.25) is 24.6 Å². The number of esters is 1. The molecule has 0 fully saturated rings. The van der Waals surface area contributed by atoms with Crippen molar-refractivity contribution in [1.29, 1.82) is 0 Å². The molecule has 2 aromatic rings. The van der Waals surface area contributed by atoms with E-state index in [9.17, 15) is 24.3 Å². The molecule has 1 unspecified atom stereocenters.